The normalized spacial score (nSPS) is 12.4. The Morgan fingerprint density at radius 1 is 1.04 bits per heavy atom. The number of carbonyl (C=O) groups excluding carboxylic acids is 2. The topological polar surface area (TPSA) is 76.7 Å². The van der Waals surface area contributed by atoms with Crippen LogP contribution in [-0.2, 0) is 6.42 Å². The zero-order valence-corrected chi connectivity index (χ0v) is 14.0. The molecular weight excluding hydrogens is 320 g/mol. The smallest absolute Gasteiger partial charge is 0.319 e. The van der Waals surface area contributed by atoms with E-state index < -0.39 is 0 Å². The van der Waals surface area contributed by atoms with Gasteiger partial charge in [-0.3, -0.25) is 4.79 Å². The van der Waals surface area contributed by atoms with Crippen molar-refractivity contribution in [2.75, 3.05) is 25.1 Å². The van der Waals surface area contributed by atoms with E-state index in [0.29, 0.717) is 37.4 Å². The lowest BCUT2D eigenvalue weighted by atomic mass is 10.1. The average Bonchev–Trinajstić information content (AvgIpc) is 2.62. The van der Waals surface area contributed by atoms with E-state index >= 15 is 0 Å². The lowest BCUT2D eigenvalue weighted by molar-refractivity contribution is 0.101. The zero-order valence-electron chi connectivity index (χ0n) is 14.0. The minimum atomic E-state index is -0.307. The monoisotopic (exact) mass is 340 g/mol. The predicted molar refractivity (Wildman–Crippen MR) is 94.6 cm³/mol. The summed E-state index contributed by atoms with van der Waals surface area (Å²) in [6, 6.07) is 12.3. The zero-order chi connectivity index (χ0) is 17.6. The number of rotatable bonds is 5. The predicted octanol–water partition coefficient (Wildman–Crippen LogP) is 3.02. The Morgan fingerprint density at radius 2 is 1.84 bits per heavy atom. The molecule has 130 valence electrons. The van der Waals surface area contributed by atoms with Gasteiger partial charge < -0.3 is 20.1 Å². The van der Waals surface area contributed by atoms with Gasteiger partial charge in [0, 0.05) is 17.8 Å². The third-order valence-corrected chi connectivity index (χ3v) is 3.83. The fourth-order valence-corrected chi connectivity index (χ4v) is 2.55. The fraction of sp³-hybridized carbons (Fsp3) is 0.263. The average molecular weight is 340 g/mol. The Bertz CT molecular complexity index is 789. The molecule has 0 saturated heterocycles. The van der Waals surface area contributed by atoms with Gasteiger partial charge in [-0.15, -0.1) is 0 Å². The third kappa shape index (κ3) is 4.50. The molecule has 2 aromatic carbocycles. The van der Waals surface area contributed by atoms with Crippen LogP contribution in [0.4, 0.5) is 10.5 Å². The highest BCUT2D eigenvalue weighted by molar-refractivity contribution is 5.96. The summed E-state index contributed by atoms with van der Waals surface area (Å²) in [5.41, 5.74) is 2.21. The van der Waals surface area contributed by atoms with E-state index in [9.17, 15) is 9.59 Å². The highest BCUT2D eigenvalue weighted by atomic mass is 16.6. The Balaban J connectivity index is 1.49. The first-order valence-electron chi connectivity index (χ1n) is 8.16. The Kier molecular flexibility index (Phi) is 5.18. The lowest BCUT2D eigenvalue weighted by Crippen LogP contribution is -2.30. The number of carbonyl (C=O) groups is 2. The van der Waals surface area contributed by atoms with Gasteiger partial charge in [-0.2, -0.15) is 0 Å². The number of fused-ring (bicyclic) bond motifs is 1. The number of nitrogens with one attached hydrogen (secondary N) is 2. The van der Waals surface area contributed by atoms with Crippen LogP contribution in [0.15, 0.2) is 42.5 Å². The molecule has 0 saturated carbocycles. The van der Waals surface area contributed by atoms with Gasteiger partial charge in [0.05, 0.1) is 0 Å². The molecule has 3 rings (SSSR count). The SMILES string of the molecule is CC(=O)c1cccc(NC(=O)NCCc2ccc3c(c2)OCCO3)c1. The van der Waals surface area contributed by atoms with Crippen molar-refractivity contribution in [3.63, 3.8) is 0 Å². The highest BCUT2D eigenvalue weighted by Gasteiger charge is 2.11. The van der Waals surface area contributed by atoms with Crippen LogP contribution in [0.5, 0.6) is 11.5 Å². The maximum atomic E-state index is 12.0. The number of ketones is 1. The van der Waals surface area contributed by atoms with Crippen LogP contribution in [0.1, 0.15) is 22.8 Å². The summed E-state index contributed by atoms with van der Waals surface area (Å²) in [4.78, 5) is 23.3. The van der Waals surface area contributed by atoms with E-state index in [4.69, 9.17) is 9.47 Å². The number of anilines is 1. The number of Topliss-reactive ketones (excluding diaryl/α,β-unsaturated/α-hetero) is 1. The molecule has 0 radical (unpaired) electrons. The second kappa shape index (κ2) is 7.70. The van der Waals surface area contributed by atoms with Crippen molar-refractivity contribution in [1.82, 2.24) is 5.32 Å². The van der Waals surface area contributed by atoms with Crippen molar-refractivity contribution in [1.29, 1.82) is 0 Å². The molecule has 0 fully saturated rings. The van der Waals surface area contributed by atoms with Crippen molar-refractivity contribution in [3.8, 4) is 11.5 Å². The molecule has 6 nitrogen and oxygen atoms in total. The molecule has 1 aliphatic rings. The summed E-state index contributed by atoms with van der Waals surface area (Å²) in [6.45, 7) is 3.10. The molecule has 6 heteroatoms. The number of ether oxygens (including phenoxy) is 2. The summed E-state index contributed by atoms with van der Waals surface area (Å²) >= 11 is 0. The van der Waals surface area contributed by atoms with E-state index in [1.165, 1.54) is 6.92 Å². The largest absolute Gasteiger partial charge is 0.486 e. The molecule has 0 aliphatic carbocycles. The maximum absolute atomic E-state index is 12.0. The molecule has 25 heavy (non-hydrogen) atoms. The summed E-state index contributed by atoms with van der Waals surface area (Å²) in [5.74, 6) is 1.46. The van der Waals surface area contributed by atoms with Crippen LogP contribution < -0.4 is 20.1 Å². The van der Waals surface area contributed by atoms with Gasteiger partial charge in [0.15, 0.2) is 17.3 Å². The van der Waals surface area contributed by atoms with Crippen molar-refractivity contribution >= 4 is 17.5 Å². The minimum absolute atomic E-state index is 0.0392. The number of hydrogen-bond donors (Lipinski definition) is 2. The molecule has 1 heterocycles. The Labute approximate surface area is 146 Å². The van der Waals surface area contributed by atoms with E-state index in [1.807, 2.05) is 18.2 Å². The number of hydrogen-bond acceptors (Lipinski definition) is 4. The standard InChI is InChI=1S/C19H20N2O4/c1-13(22)15-3-2-4-16(12-15)21-19(23)20-8-7-14-5-6-17-18(11-14)25-10-9-24-17/h2-6,11-12H,7-10H2,1H3,(H2,20,21,23). The molecule has 0 aromatic heterocycles. The summed E-state index contributed by atoms with van der Waals surface area (Å²) in [7, 11) is 0. The molecule has 0 unspecified atom stereocenters. The van der Waals surface area contributed by atoms with Gasteiger partial charge in [-0.1, -0.05) is 18.2 Å². The summed E-state index contributed by atoms with van der Waals surface area (Å²) < 4.78 is 11.0. The van der Waals surface area contributed by atoms with Crippen LogP contribution in [0.25, 0.3) is 0 Å². The van der Waals surface area contributed by atoms with Crippen molar-refractivity contribution in [3.05, 3.63) is 53.6 Å². The Morgan fingerprint density at radius 3 is 2.64 bits per heavy atom. The van der Waals surface area contributed by atoms with Gasteiger partial charge in [0.1, 0.15) is 13.2 Å². The van der Waals surface area contributed by atoms with Gasteiger partial charge in [-0.25, -0.2) is 4.79 Å². The van der Waals surface area contributed by atoms with Crippen LogP contribution >= 0.6 is 0 Å². The molecule has 1 aliphatic heterocycles. The molecule has 0 bridgehead atoms. The molecular formula is C19H20N2O4. The van der Waals surface area contributed by atoms with Gasteiger partial charge >= 0.3 is 6.03 Å². The van der Waals surface area contributed by atoms with Crippen molar-refractivity contribution < 1.29 is 19.1 Å². The first-order chi connectivity index (χ1) is 12.1. The number of urea groups is 1. The fourth-order valence-electron chi connectivity index (χ4n) is 2.55. The lowest BCUT2D eigenvalue weighted by Gasteiger charge is -2.18. The highest BCUT2D eigenvalue weighted by Crippen LogP contribution is 2.30. The van der Waals surface area contributed by atoms with E-state index in [2.05, 4.69) is 10.6 Å². The van der Waals surface area contributed by atoms with Gasteiger partial charge in [0.2, 0.25) is 0 Å². The van der Waals surface area contributed by atoms with E-state index in [0.717, 1.165) is 17.1 Å². The van der Waals surface area contributed by atoms with Gasteiger partial charge in [0.25, 0.3) is 0 Å². The number of amides is 2. The van der Waals surface area contributed by atoms with Crippen LogP contribution in [-0.4, -0.2) is 31.6 Å². The quantitative estimate of drug-likeness (QED) is 0.820. The first kappa shape index (κ1) is 16.8. The van der Waals surface area contributed by atoms with Crippen LogP contribution in [0.3, 0.4) is 0 Å². The maximum Gasteiger partial charge on any atom is 0.319 e. The summed E-state index contributed by atoms with van der Waals surface area (Å²) in [6.07, 6.45) is 0.678. The number of benzene rings is 2. The molecule has 2 N–H and O–H groups in total. The molecule has 2 amide bonds. The second-order valence-corrected chi connectivity index (χ2v) is 5.75. The third-order valence-electron chi connectivity index (χ3n) is 3.83. The Hall–Kier alpha value is -3.02. The van der Waals surface area contributed by atoms with E-state index in [-0.39, 0.29) is 11.8 Å². The molecule has 0 spiro atoms. The van der Waals surface area contributed by atoms with Crippen LogP contribution in [0.2, 0.25) is 0 Å². The molecule has 2 aromatic rings. The minimum Gasteiger partial charge on any atom is -0.486 e. The van der Waals surface area contributed by atoms with Crippen LogP contribution in [0, 0.1) is 0 Å². The van der Waals surface area contributed by atoms with Crippen molar-refractivity contribution in [2.45, 2.75) is 13.3 Å². The van der Waals surface area contributed by atoms with E-state index in [1.54, 1.807) is 24.3 Å². The summed E-state index contributed by atoms with van der Waals surface area (Å²) in [5, 5.41) is 5.53. The second-order valence-electron chi connectivity index (χ2n) is 5.75. The van der Waals surface area contributed by atoms with Crippen molar-refractivity contribution in [2.24, 2.45) is 0 Å². The molecule has 0 atom stereocenters. The first-order valence-corrected chi connectivity index (χ1v) is 8.16. The van der Waals surface area contributed by atoms with Gasteiger partial charge in [-0.05, 0) is 43.2 Å².